The van der Waals surface area contributed by atoms with Crippen molar-refractivity contribution in [3.8, 4) is 5.75 Å². The van der Waals surface area contributed by atoms with Crippen LogP contribution in [0.3, 0.4) is 0 Å². The Kier molecular flexibility index (Phi) is 4.47. The number of phenolic OH excluding ortho intramolecular Hbond substituents is 1. The summed E-state index contributed by atoms with van der Waals surface area (Å²) in [6, 6.07) is 7.19. The van der Waals surface area contributed by atoms with Crippen LogP contribution in [-0.2, 0) is 0 Å². The molecule has 0 heterocycles. The Morgan fingerprint density at radius 3 is 2.52 bits per heavy atom. The smallest absolute Gasteiger partial charge is 0.343 e. The summed E-state index contributed by atoms with van der Waals surface area (Å²) < 4.78 is 0. The number of carboxylic acid groups (broad SMARTS) is 1. The predicted octanol–water partition coefficient (Wildman–Crippen LogP) is 2.90. The third-order valence-electron chi connectivity index (χ3n) is 2.90. The van der Waals surface area contributed by atoms with Gasteiger partial charge < -0.3 is 15.5 Å². The normalized spacial score (nSPS) is 10.1. The minimum absolute atomic E-state index is 0.0506. The highest BCUT2D eigenvalue weighted by Gasteiger charge is 2.27. The number of nitrogens with one attached hydrogen (secondary N) is 1. The first kappa shape index (κ1) is 16.2. The highest BCUT2D eigenvalue weighted by molar-refractivity contribution is 6.31. The van der Waals surface area contributed by atoms with E-state index in [-0.39, 0.29) is 16.5 Å². The first-order valence-corrected chi connectivity index (χ1v) is 6.49. The molecule has 1 amide bonds. The summed E-state index contributed by atoms with van der Waals surface area (Å²) in [7, 11) is 0. The van der Waals surface area contributed by atoms with Crippen LogP contribution < -0.4 is 5.32 Å². The number of carbonyl (C=O) groups excluding carboxylic acids is 1. The molecule has 118 valence electrons. The maximum Gasteiger partial charge on any atom is 0.343 e. The number of aromatic carboxylic acids is 1. The molecule has 0 aliphatic carbocycles. The van der Waals surface area contributed by atoms with Crippen molar-refractivity contribution in [1.29, 1.82) is 0 Å². The molecule has 0 spiro atoms. The number of anilines is 1. The molecule has 0 bridgehead atoms. The van der Waals surface area contributed by atoms with Crippen molar-refractivity contribution in [2.45, 2.75) is 0 Å². The minimum Gasteiger partial charge on any atom is -0.506 e. The second kappa shape index (κ2) is 6.32. The zero-order valence-corrected chi connectivity index (χ0v) is 12.1. The summed E-state index contributed by atoms with van der Waals surface area (Å²) in [5.41, 5.74) is -1.91. The van der Waals surface area contributed by atoms with Crippen LogP contribution >= 0.6 is 11.6 Å². The molecule has 0 saturated carbocycles. The molecule has 23 heavy (non-hydrogen) atoms. The van der Waals surface area contributed by atoms with Crippen molar-refractivity contribution in [3.63, 3.8) is 0 Å². The number of hydrogen-bond donors (Lipinski definition) is 3. The lowest BCUT2D eigenvalue weighted by Gasteiger charge is -2.09. The van der Waals surface area contributed by atoms with E-state index in [9.17, 15) is 24.8 Å². The molecule has 0 atom stereocenters. The molecule has 0 radical (unpaired) electrons. The Morgan fingerprint density at radius 2 is 1.91 bits per heavy atom. The number of nitrogens with zero attached hydrogens (tertiary/aromatic N) is 1. The largest absolute Gasteiger partial charge is 0.506 e. The number of aromatic hydroxyl groups is 1. The number of carbonyl (C=O) groups is 2. The third kappa shape index (κ3) is 3.38. The SMILES string of the molecule is O=C(Nc1cc(Cl)ccc1O)c1cccc([N+](=O)[O-])c1C(=O)O. The fourth-order valence-electron chi connectivity index (χ4n) is 1.90. The minimum atomic E-state index is -1.61. The molecular weight excluding hydrogens is 328 g/mol. The van der Waals surface area contributed by atoms with E-state index in [1.165, 1.54) is 24.3 Å². The van der Waals surface area contributed by atoms with Gasteiger partial charge in [-0.15, -0.1) is 0 Å². The van der Waals surface area contributed by atoms with Crippen molar-refractivity contribution in [3.05, 3.63) is 62.7 Å². The van der Waals surface area contributed by atoms with Crippen LogP contribution in [0, 0.1) is 10.1 Å². The number of nitro benzene ring substituents is 1. The van der Waals surface area contributed by atoms with Crippen LogP contribution in [0.1, 0.15) is 20.7 Å². The highest BCUT2D eigenvalue weighted by Crippen LogP contribution is 2.28. The molecule has 0 aliphatic heterocycles. The van der Waals surface area contributed by atoms with Crippen LogP contribution in [0.25, 0.3) is 0 Å². The molecule has 0 fully saturated rings. The topological polar surface area (TPSA) is 130 Å². The molecule has 8 nitrogen and oxygen atoms in total. The van der Waals surface area contributed by atoms with Crippen LogP contribution in [-0.4, -0.2) is 27.0 Å². The summed E-state index contributed by atoms with van der Waals surface area (Å²) in [4.78, 5) is 33.5. The van der Waals surface area contributed by atoms with Gasteiger partial charge in [0.25, 0.3) is 11.6 Å². The molecule has 0 unspecified atom stereocenters. The van der Waals surface area contributed by atoms with Crippen LogP contribution in [0.2, 0.25) is 5.02 Å². The molecule has 9 heteroatoms. The van der Waals surface area contributed by atoms with Gasteiger partial charge in [-0.25, -0.2) is 4.79 Å². The molecule has 3 N–H and O–H groups in total. The number of hydrogen-bond acceptors (Lipinski definition) is 5. The monoisotopic (exact) mass is 336 g/mol. The number of benzene rings is 2. The zero-order chi connectivity index (χ0) is 17.1. The van der Waals surface area contributed by atoms with Crippen molar-refractivity contribution >= 4 is 34.9 Å². The van der Waals surface area contributed by atoms with E-state index >= 15 is 0 Å². The number of amides is 1. The predicted molar refractivity (Wildman–Crippen MR) is 81.1 cm³/mol. The maximum absolute atomic E-state index is 12.2. The Morgan fingerprint density at radius 1 is 1.22 bits per heavy atom. The summed E-state index contributed by atoms with van der Waals surface area (Å²) >= 11 is 5.75. The quantitative estimate of drug-likeness (QED) is 0.447. The summed E-state index contributed by atoms with van der Waals surface area (Å²) in [6.07, 6.45) is 0. The molecule has 0 aromatic heterocycles. The van der Waals surface area contributed by atoms with Crippen molar-refractivity contribution in [2.24, 2.45) is 0 Å². The van der Waals surface area contributed by atoms with Crippen molar-refractivity contribution in [1.82, 2.24) is 0 Å². The number of phenols is 1. The van der Waals surface area contributed by atoms with E-state index in [1.54, 1.807) is 0 Å². The Bertz CT molecular complexity index is 821. The number of rotatable bonds is 4. The lowest BCUT2D eigenvalue weighted by atomic mass is 10.0. The van der Waals surface area contributed by atoms with Gasteiger partial charge in [-0.1, -0.05) is 17.7 Å². The van der Waals surface area contributed by atoms with Crippen LogP contribution in [0.15, 0.2) is 36.4 Å². The van der Waals surface area contributed by atoms with Gasteiger partial charge in [0.15, 0.2) is 0 Å². The third-order valence-corrected chi connectivity index (χ3v) is 3.14. The number of carboxylic acids is 1. The van der Waals surface area contributed by atoms with Gasteiger partial charge >= 0.3 is 5.97 Å². The second-order valence-corrected chi connectivity index (χ2v) is 4.81. The molecule has 0 saturated heterocycles. The van der Waals surface area contributed by atoms with Gasteiger partial charge in [-0.3, -0.25) is 14.9 Å². The summed E-state index contributed by atoms with van der Waals surface area (Å²) in [6.45, 7) is 0. The first-order valence-electron chi connectivity index (χ1n) is 6.12. The van der Waals surface area contributed by atoms with Crippen molar-refractivity contribution < 1.29 is 24.7 Å². The molecule has 0 aliphatic rings. The van der Waals surface area contributed by atoms with E-state index in [0.717, 1.165) is 12.1 Å². The lowest BCUT2D eigenvalue weighted by molar-refractivity contribution is -0.385. The second-order valence-electron chi connectivity index (χ2n) is 4.38. The van der Waals surface area contributed by atoms with E-state index < -0.39 is 33.6 Å². The zero-order valence-electron chi connectivity index (χ0n) is 11.3. The van der Waals surface area contributed by atoms with Crippen LogP contribution in [0.5, 0.6) is 5.75 Å². The van der Waals surface area contributed by atoms with Gasteiger partial charge in [0.1, 0.15) is 11.3 Å². The molecule has 2 rings (SSSR count). The lowest BCUT2D eigenvalue weighted by Crippen LogP contribution is -2.17. The fourth-order valence-corrected chi connectivity index (χ4v) is 2.08. The van der Waals surface area contributed by atoms with Gasteiger partial charge in [-0.05, 0) is 24.3 Å². The molecular formula is C14H9ClN2O6. The van der Waals surface area contributed by atoms with Gasteiger partial charge in [0.2, 0.25) is 0 Å². The average molecular weight is 337 g/mol. The van der Waals surface area contributed by atoms with E-state index in [1.807, 2.05) is 0 Å². The first-order chi connectivity index (χ1) is 10.8. The van der Waals surface area contributed by atoms with Gasteiger partial charge in [0.05, 0.1) is 16.2 Å². The maximum atomic E-state index is 12.2. The van der Waals surface area contributed by atoms with Gasteiger partial charge in [0, 0.05) is 11.1 Å². The van der Waals surface area contributed by atoms with E-state index in [4.69, 9.17) is 16.7 Å². The molecule has 2 aromatic rings. The van der Waals surface area contributed by atoms with Gasteiger partial charge in [-0.2, -0.15) is 0 Å². The fraction of sp³-hybridized carbons (Fsp3) is 0. The Labute approximate surface area is 134 Å². The summed E-state index contributed by atoms with van der Waals surface area (Å²) in [5.74, 6) is -2.83. The summed E-state index contributed by atoms with van der Waals surface area (Å²) in [5, 5.41) is 32.2. The average Bonchev–Trinajstić information content (AvgIpc) is 2.49. The molecule has 2 aromatic carbocycles. The van der Waals surface area contributed by atoms with Crippen LogP contribution in [0.4, 0.5) is 11.4 Å². The van der Waals surface area contributed by atoms with Crippen molar-refractivity contribution in [2.75, 3.05) is 5.32 Å². The number of nitro groups is 1. The standard InChI is InChI=1S/C14H9ClN2O6/c15-7-4-5-11(18)9(6-7)16-13(19)8-2-1-3-10(17(22)23)12(8)14(20)21/h1-6,18H,(H,16,19)(H,20,21). The number of halogens is 1. The Hall–Kier alpha value is -3.13. The van der Waals surface area contributed by atoms with E-state index in [2.05, 4.69) is 5.32 Å². The highest BCUT2D eigenvalue weighted by atomic mass is 35.5. The Balaban J connectivity index is 2.47. The van der Waals surface area contributed by atoms with E-state index in [0.29, 0.717) is 0 Å².